The predicted octanol–water partition coefficient (Wildman–Crippen LogP) is 0.909. The van der Waals surface area contributed by atoms with Gasteiger partial charge in [0.25, 0.3) is 0 Å². The minimum absolute atomic E-state index is 0.390. The van der Waals surface area contributed by atoms with E-state index in [1.165, 1.54) is 0 Å². The van der Waals surface area contributed by atoms with E-state index in [2.05, 4.69) is 5.32 Å². The van der Waals surface area contributed by atoms with Crippen molar-refractivity contribution in [2.45, 2.75) is 25.1 Å². The van der Waals surface area contributed by atoms with Gasteiger partial charge in [-0.3, -0.25) is 0 Å². The summed E-state index contributed by atoms with van der Waals surface area (Å²) in [4.78, 5) is 0. The van der Waals surface area contributed by atoms with Gasteiger partial charge in [-0.25, -0.2) is 0 Å². The first-order chi connectivity index (χ1) is 5.55. The number of alkyl halides is 3. The Kier molecular flexibility index (Phi) is 2.95. The summed E-state index contributed by atoms with van der Waals surface area (Å²) in [5.41, 5.74) is 0. The van der Waals surface area contributed by atoms with Gasteiger partial charge in [-0.15, -0.1) is 0 Å². The van der Waals surface area contributed by atoms with Crippen molar-refractivity contribution in [1.29, 1.82) is 0 Å². The van der Waals surface area contributed by atoms with Crippen molar-refractivity contribution in [1.82, 2.24) is 5.32 Å². The number of halogens is 3. The monoisotopic (exact) mass is 183 g/mol. The van der Waals surface area contributed by atoms with Gasteiger partial charge in [-0.05, 0) is 19.4 Å². The first-order valence-corrected chi connectivity index (χ1v) is 3.96. The Hall–Kier alpha value is -0.290. The lowest BCUT2D eigenvalue weighted by Crippen LogP contribution is -2.52. The second kappa shape index (κ2) is 3.62. The summed E-state index contributed by atoms with van der Waals surface area (Å²) in [6.45, 7) is -0.00213. The summed E-state index contributed by atoms with van der Waals surface area (Å²) in [5.74, 6) is -0.668. The molecule has 12 heavy (non-hydrogen) atoms. The molecule has 5 heteroatoms. The Balaban J connectivity index is 2.59. The predicted molar refractivity (Wildman–Crippen MR) is 37.7 cm³/mol. The lowest BCUT2D eigenvalue weighted by atomic mass is 9.91. The van der Waals surface area contributed by atoms with E-state index in [-0.39, 0.29) is 0 Å². The molecule has 0 spiro atoms. The lowest BCUT2D eigenvalue weighted by molar-refractivity contribution is -0.175. The van der Waals surface area contributed by atoms with Crippen LogP contribution in [0.2, 0.25) is 0 Å². The van der Waals surface area contributed by atoms with Crippen molar-refractivity contribution in [2.75, 3.05) is 13.2 Å². The Morgan fingerprint density at radius 3 is 2.50 bits per heavy atom. The fourth-order valence-electron chi connectivity index (χ4n) is 1.53. The Morgan fingerprint density at radius 2 is 2.08 bits per heavy atom. The van der Waals surface area contributed by atoms with Crippen LogP contribution in [-0.4, -0.2) is 30.5 Å². The molecular weight excluding hydrogens is 171 g/mol. The van der Waals surface area contributed by atoms with Crippen LogP contribution in [0, 0.1) is 5.92 Å². The molecule has 1 aliphatic heterocycles. The van der Waals surface area contributed by atoms with Crippen LogP contribution in [0.3, 0.4) is 0 Å². The second-order valence-corrected chi connectivity index (χ2v) is 3.06. The van der Waals surface area contributed by atoms with Crippen molar-refractivity contribution in [3.63, 3.8) is 0 Å². The van der Waals surface area contributed by atoms with E-state index in [0.29, 0.717) is 19.4 Å². The summed E-state index contributed by atoms with van der Waals surface area (Å²) >= 11 is 0. The molecule has 1 aliphatic rings. The van der Waals surface area contributed by atoms with E-state index in [4.69, 9.17) is 5.11 Å². The van der Waals surface area contributed by atoms with Crippen molar-refractivity contribution in [3.05, 3.63) is 0 Å². The highest BCUT2D eigenvalue weighted by atomic mass is 19.4. The van der Waals surface area contributed by atoms with Gasteiger partial charge in [-0.2, -0.15) is 13.2 Å². The molecule has 0 amide bonds. The van der Waals surface area contributed by atoms with Crippen molar-refractivity contribution >= 4 is 0 Å². The molecule has 2 atom stereocenters. The molecule has 2 unspecified atom stereocenters. The molecule has 0 bridgehead atoms. The zero-order chi connectivity index (χ0) is 9.19. The summed E-state index contributed by atoms with van der Waals surface area (Å²) in [6.07, 6.45) is -3.07. The maximum atomic E-state index is 12.2. The molecule has 0 aliphatic carbocycles. The Bertz CT molecular complexity index is 148. The van der Waals surface area contributed by atoms with Crippen molar-refractivity contribution in [2.24, 2.45) is 5.92 Å². The molecule has 2 nitrogen and oxygen atoms in total. The molecule has 1 heterocycles. The van der Waals surface area contributed by atoms with Gasteiger partial charge in [0, 0.05) is 12.5 Å². The maximum absolute atomic E-state index is 12.2. The summed E-state index contributed by atoms with van der Waals surface area (Å²) < 4.78 is 36.6. The minimum atomic E-state index is -4.23. The molecule has 0 radical (unpaired) electrons. The van der Waals surface area contributed by atoms with Gasteiger partial charge >= 0.3 is 6.18 Å². The molecule has 0 aromatic heterocycles. The van der Waals surface area contributed by atoms with E-state index in [1.54, 1.807) is 0 Å². The third-order valence-corrected chi connectivity index (χ3v) is 2.17. The van der Waals surface area contributed by atoms with E-state index in [9.17, 15) is 13.2 Å². The van der Waals surface area contributed by atoms with Crippen LogP contribution in [0.15, 0.2) is 0 Å². The largest absolute Gasteiger partial charge is 0.404 e. The Labute approximate surface area is 68.8 Å². The van der Waals surface area contributed by atoms with Gasteiger partial charge in [-0.1, -0.05) is 0 Å². The van der Waals surface area contributed by atoms with Crippen LogP contribution in [0.25, 0.3) is 0 Å². The third kappa shape index (κ3) is 2.10. The van der Waals surface area contributed by atoms with Gasteiger partial charge in [0.05, 0.1) is 0 Å². The highest BCUT2D eigenvalue weighted by molar-refractivity contribution is 4.86. The van der Waals surface area contributed by atoms with Gasteiger partial charge < -0.3 is 10.4 Å². The highest BCUT2D eigenvalue weighted by Gasteiger charge is 2.45. The number of rotatable bonds is 1. The minimum Gasteiger partial charge on any atom is -0.396 e. The molecule has 1 rings (SSSR count). The standard InChI is InChI=1S/C7H12F3NO/c8-7(9,10)6-5(4-12)2-1-3-11-6/h5-6,11-12H,1-4H2. The molecule has 1 saturated heterocycles. The average Bonchev–Trinajstić information content (AvgIpc) is 2.03. The van der Waals surface area contributed by atoms with Crippen molar-refractivity contribution in [3.8, 4) is 0 Å². The molecule has 0 saturated carbocycles. The zero-order valence-electron chi connectivity index (χ0n) is 6.56. The van der Waals surface area contributed by atoms with E-state index in [0.717, 1.165) is 0 Å². The first-order valence-electron chi connectivity index (χ1n) is 3.96. The molecule has 0 aromatic carbocycles. The number of piperidine rings is 1. The molecular formula is C7H12F3NO. The summed E-state index contributed by atoms with van der Waals surface area (Å²) in [6, 6.07) is -1.52. The van der Waals surface area contributed by atoms with Crippen LogP contribution < -0.4 is 5.32 Å². The van der Waals surface area contributed by atoms with Crippen molar-refractivity contribution < 1.29 is 18.3 Å². The summed E-state index contributed by atoms with van der Waals surface area (Å²) in [5, 5.41) is 11.1. The molecule has 2 N–H and O–H groups in total. The topological polar surface area (TPSA) is 32.3 Å². The van der Waals surface area contributed by atoms with Crippen LogP contribution in [0.4, 0.5) is 13.2 Å². The van der Waals surface area contributed by atoms with E-state index >= 15 is 0 Å². The molecule has 72 valence electrons. The van der Waals surface area contributed by atoms with Crippen LogP contribution >= 0.6 is 0 Å². The quantitative estimate of drug-likeness (QED) is 0.633. The number of hydrogen-bond acceptors (Lipinski definition) is 2. The van der Waals surface area contributed by atoms with E-state index in [1.807, 2.05) is 0 Å². The van der Waals surface area contributed by atoms with Gasteiger partial charge in [0.2, 0.25) is 0 Å². The second-order valence-electron chi connectivity index (χ2n) is 3.06. The lowest BCUT2D eigenvalue weighted by Gasteiger charge is -2.32. The van der Waals surface area contributed by atoms with Gasteiger partial charge in [0.15, 0.2) is 0 Å². The average molecular weight is 183 g/mol. The van der Waals surface area contributed by atoms with Crippen LogP contribution in [-0.2, 0) is 0 Å². The molecule has 1 fully saturated rings. The summed E-state index contributed by atoms with van der Waals surface area (Å²) in [7, 11) is 0. The number of aliphatic hydroxyl groups is 1. The maximum Gasteiger partial charge on any atom is 0.404 e. The fraction of sp³-hybridized carbons (Fsp3) is 1.00. The first kappa shape index (κ1) is 9.80. The third-order valence-electron chi connectivity index (χ3n) is 2.17. The zero-order valence-corrected chi connectivity index (χ0v) is 6.56. The fourth-order valence-corrected chi connectivity index (χ4v) is 1.53. The van der Waals surface area contributed by atoms with Gasteiger partial charge in [0.1, 0.15) is 6.04 Å². The number of hydrogen-bond donors (Lipinski definition) is 2. The van der Waals surface area contributed by atoms with Crippen LogP contribution in [0.5, 0.6) is 0 Å². The SMILES string of the molecule is OCC1CCCNC1C(F)(F)F. The number of nitrogens with one attached hydrogen (secondary N) is 1. The van der Waals surface area contributed by atoms with Crippen LogP contribution in [0.1, 0.15) is 12.8 Å². The number of aliphatic hydroxyl groups excluding tert-OH is 1. The Morgan fingerprint density at radius 1 is 1.42 bits per heavy atom. The normalized spacial score (nSPS) is 32.0. The smallest absolute Gasteiger partial charge is 0.396 e. The highest BCUT2D eigenvalue weighted by Crippen LogP contribution is 2.30. The molecule has 0 aromatic rings. The van der Waals surface area contributed by atoms with E-state index < -0.39 is 24.7 Å².